The third-order valence-electron chi connectivity index (χ3n) is 2.37. The molecule has 0 spiro atoms. The summed E-state index contributed by atoms with van der Waals surface area (Å²) in [4.78, 5) is 2.03. The highest BCUT2D eigenvalue weighted by molar-refractivity contribution is 9.10. The molecule has 1 fully saturated rings. The second-order valence-corrected chi connectivity index (χ2v) is 4.03. The molecule has 0 bridgehead atoms. The first-order valence-corrected chi connectivity index (χ1v) is 5.31. The molecule has 14 heavy (non-hydrogen) atoms. The van der Waals surface area contributed by atoms with E-state index in [0.717, 1.165) is 12.2 Å². The summed E-state index contributed by atoms with van der Waals surface area (Å²) in [5.74, 6) is -0.235. The number of ether oxygens (including phenoxy) is 1. The van der Waals surface area contributed by atoms with Crippen LogP contribution in [0.15, 0.2) is 22.7 Å². The molecule has 1 saturated heterocycles. The van der Waals surface area contributed by atoms with Gasteiger partial charge in [0.1, 0.15) is 12.0 Å². The van der Waals surface area contributed by atoms with Crippen molar-refractivity contribution in [2.24, 2.45) is 0 Å². The predicted octanol–water partition coefficient (Wildman–Crippen LogP) is 2.77. The van der Waals surface area contributed by atoms with E-state index in [0.29, 0.717) is 11.1 Å². The molecule has 1 atom stereocenters. The largest absolute Gasteiger partial charge is 0.357 e. The Hall–Kier alpha value is -0.610. The molecule has 1 aromatic rings. The van der Waals surface area contributed by atoms with Crippen molar-refractivity contribution in [2.45, 2.75) is 13.2 Å². The van der Waals surface area contributed by atoms with Crippen LogP contribution in [0.4, 0.5) is 10.1 Å². The van der Waals surface area contributed by atoms with Gasteiger partial charge in [-0.2, -0.15) is 0 Å². The Morgan fingerprint density at radius 3 is 3.00 bits per heavy atom. The highest BCUT2D eigenvalue weighted by Gasteiger charge is 2.23. The van der Waals surface area contributed by atoms with E-state index in [4.69, 9.17) is 4.74 Å². The minimum atomic E-state index is -0.235. The fourth-order valence-electron chi connectivity index (χ4n) is 1.62. The monoisotopic (exact) mass is 259 g/mol. The van der Waals surface area contributed by atoms with Gasteiger partial charge >= 0.3 is 0 Å². The van der Waals surface area contributed by atoms with Crippen LogP contribution in [0.2, 0.25) is 0 Å². The van der Waals surface area contributed by atoms with Gasteiger partial charge in [0.15, 0.2) is 0 Å². The molecule has 1 unspecified atom stereocenters. The summed E-state index contributed by atoms with van der Waals surface area (Å²) in [5.41, 5.74) is 0.856. The Labute approximate surface area is 90.8 Å². The van der Waals surface area contributed by atoms with Crippen LogP contribution in [-0.4, -0.2) is 19.4 Å². The van der Waals surface area contributed by atoms with Crippen LogP contribution in [0.3, 0.4) is 0 Å². The summed E-state index contributed by atoms with van der Waals surface area (Å²) < 4.78 is 19.2. The van der Waals surface area contributed by atoms with E-state index < -0.39 is 0 Å². The second kappa shape index (κ2) is 3.87. The molecule has 0 radical (unpaired) electrons. The van der Waals surface area contributed by atoms with Crippen molar-refractivity contribution >= 4 is 21.6 Å². The highest BCUT2D eigenvalue weighted by atomic mass is 79.9. The molecule has 0 amide bonds. The van der Waals surface area contributed by atoms with Crippen molar-refractivity contribution in [3.63, 3.8) is 0 Å². The predicted molar refractivity (Wildman–Crippen MR) is 56.9 cm³/mol. The SMILES string of the molecule is CC1OCCN1c1cccc(F)c1Br. The minimum Gasteiger partial charge on any atom is -0.357 e. The lowest BCUT2D eigenvalue weighted by Gasteiger charge is -2.23. The zero-order valence-electron chi connectivity index (χ0n) is 7.84. The number of halogens is 2. The molecule has 1 heterocycles. The molecule has 0 aromatic heterocycles. The lowest BCUT2D eigenvalue weighted by Crippen LogP contribution is -2.27. The van der Waals surface area contributed by atoms with E-state index in [1.807, 2.05) is 17.9 Å². The first-order valence-electron chi connectivity index (χ1n) is 4.52. The maximum Gasteiger partial charge on any atom is 0.139 e. The van der Waals surface area contributed by atoms with Crippen LogP contribution in [0, 0.1) is 5.82 Å². The summed E-state index contributed by atoms with van der Waals surface area (Å²) in [5, 5.41) is 0. The zero-order valence-corrected chi connectivity index (χ0v) is 9.42. The van der Waals surface area contributed by atoms with Crippen molar-refractivity contribution in [1.29, 1.82) is 0 Å². The van der Waals surface area contributed by atoms with Gasteiger partial charge in [0, 0.05) is 6.54 Å². The van der Waals surface area contributed by atoms with E-state index >= 15 is 0 Å². The summed E-state index contributed by atoms with van der Waals surface area (Å²) in [6.45, 7) is 3.47. The van der Waals surface area contributed by atoms with Gasteiger partial charge in [-0.3, -0.25) is 0 Å². The molecule has 1 aromatic carbocycles. The van der Waals surface area contributed by atoms with Gasteiger partial charge < -0.3 is 9.64 Å². The van der Waals surface area contributed by atoms with E-state index in [1.54, 1.807) is 6.07 Å². The van der Waals surface area contributed by atoms with Crippen LogP contribution in [0.25, 0.3) is 0 Å². The molecule has 2 nitrogen and oxygen atoms in total. The molecule has 0 aliphatic carbocycles. The molecular formula is C10H11BrFNO. The summed E-state index contributed by atoms with van der Waals surface area (Å²) in [6, 6.07) is 5.04. The van der Waals surface area contributed by atoms with E-state index in [2.05, 4.69) is 15.9 Å². The Morgan fingerprint density at radius 2 is 2.36 bits per heavy atom. The quantitative estimate of drug-likeness (QED) is 0.769. The van der Waals surface area contributed by atoms with Gasteiger partial charge in [0.25, 0.3) is 0 Å². The van der Waals surface area contributed by atoms with E-state index in [1.165, 1.54) is 6.07 Å². The lowest BCUT2D eigenvalue weighted by molar-refractivity contribution is 0.127. The molecule has 0 saturated carbocycles. The van der Waals surface area contributed by atoms with E-state index in [-0.39, 0.29) is 12.0 Å². The zero-order chi connectivity index (χ0) is 10.1. The maximum absolute atomic E-state index is 13.2. The van der Waals surface area contributed by atoms with Gasteiger partial charge in [-0.15, -0.1) is 0 Å². The normalized spacial score (nSPS) is 21.6. The van der Waals surface area contributed by atoms with Crippen LogP contribution in [0.5, 0.6) is 0 Å². The standard InChI is InChI=1S/C10H11BrFNO/c1-7-13(5-6-14-7)9-4-2-3-8(12)10(9)11/h2-4,7H,5-6H2,1H3. The van der Waals surface area contributed by atoms with Crippen LogP contribution < -0.4 is 4.90 Å². The first-order chi connectivity index (χ1) is 6.70. The smallest absolute Gasteiger partial charge is 0.139 e. The Morgan fingerprint density at radius 1 is 1.57 bits per heavy atom. The number of hydrogen-bond donors (Lipinski definition) is 0. The van der Waals surface area contributed by atoms with Gasteiger partial charge in [-0.05, 0) is 35.0 Å². The Bertz CT molecular complexity index is 345. The van der Waals surface area contributed by atoms with Gasteiger partial charge in [-0.1, -0.05) is 6.07 Å². The van der Waals surface area contributed by atoms with Crippen molar-refractivity contribution in [3.05, 3.63) is 28.5 Å². The molecule has 1 aliphatic heterocycles. The summed E-state index contributed by atoms with van der Waals surface area (Å²) >= 11 is 3.25. The van der Waals surface area contributed by atoms with Crippen LogP contribution >= 0.6 is 15.9 Å². The molecule has 4 heteroatoms. The topological polar surface area (TPSA) is 12.5 Å². The van der Waals surface area contributed by atoms with Crippen molar-refractivity contribution in [1.82, 2.24) is 0 Å². The van der Waals surface area contributed by atoms with Crippen LogP contribution in [-0.2, 0) is 4.74 Å². The van der Waals surface area contributed by atoms with Crippen molar-refractivity contribution in [3.8, 4) is 0 Å². The van der Waals surface area contributed by atoms with E-state index in [9.17, 15) is 4.39 Å². The van der Waals surface area contributed by atoms with Crippen molar-refractivity contribution in [2.75, 3.05) is 18.1 Å². The number of anilines is 1. The first kappa shape index (κ1) is 9.93. The fourth-order valence-corrected chi connectivity index (χ4v) is 2.12. The number of nitrogens with zero attached hydrogens (tertiary/aromatic N) is 1. The van der Waals surface area contributed by atoms with Crippen molar-refractivity contribution < 1.29 is 9.13 Å². The van der Waals surface area contributed by atoms with Gasteiger partial charge in [0.2, 0.25) is 0 Å². The van der Waals surface area contributed by atoms with Crippen LogP contribution in [0.1, 0.15) is 6.92 Å². The molecule has 0 N–H and O–H groups in total. The Kier molecular flexibility index (Phi) is 2.74. The fraction of sp³-hybridized carbons (Fsp3) is 0.400. The average Bonchev–Trinajstić information content (AvgIpc) is 2.57. The molecule has 2 rings (SSSR count). The number of hydrogen-bond acceptors (Lipinski definition) is 2. The third kappa shape index (κ3) is 1.64. The summed E-state index contributed by atoms with van der Waals surface area (Å²) in [7, 11) is 0. The maximum atomic E-state index is 13.2. The second-order valence-electron chi connectivity index (χ2n) is 3.24. The van der Waals surface area contributed by atoms with Gasteiger partial charge in [0.05, 0.1) is 16.8 Å². The number of benzene rings is 1. The average molecular weight is 260 g/mol. The third-order valence-corrected chi connectivity index (χ3v) is 3.16. The number of rotatable bonds is 1. The summed E-state index contributed by atoms with van der Waals surface area (Å²) in [6.07, 6.45) is 0.0214. The molecule has 76 valence electrons. The molecule has 1 aliphatic rings. The Balaban J connectivity index is 2.36. The highest BCUT2D eigenvalue weighted by Crippen LogP contribution is 2.31. The minimum absolute atomic E-state index is 0.0214. The van der Waals surface area contributed by atoms with Gasteiger partial charge in [-0.25, -0.2) is 4.39 Å². The lowest BCUT2D eigenvalue weighted by atomic mass is 10.3. The molecular weight excluding hydrogens is 249 g/mol.